The molecule has 1 N–H and O–H groups in total. The molecule has 168 valence electrons. The van der Waals surface area contributed by atoms with Gasteiger partial charge >= 0.3 is 0 Å². The van der Waals surface area contributed by atoms with Gasteiger partial charge < -0.3 is 19.6 Å². The number of aliphatic hydroxyl groups is 1. The van der Waals surface area contributed by atoms with E-state index in [9.17, 15) is 14.7 Å². The number of rotatable bonds is 8. The fourth-order valence-electron chi connectivity index (χ4n) is 3.70. The van der Waals surface area contributed by atoms with Gasteiger partial charge in [-0.3, -0.25) is 9.59 Å². The van der Waals surface area contributed by atoms with Crippen LogP contribution < -0.4 is 4.74 Å². The SMILES string of the molecule is C=CCOc1ccc(C(O)=C2C(=O)C(=O)N(CCN(C)C)[C@@H]2c2ccc(Cl)cc2)c(C)c1. The first-order valence-electron chi connectivity index (χ1n) is 10.3. The van der Waals surface area contributed by atoms with E-state index < -0.39 is 17.7 Å². The van der Waals surface area contributed by atoms with Crippen molar-refractivity contribution in [2.24, 2.45) is 0 Å². The van der Waals surface area contributed by atoms with Crippen LogP contribution in [0.1, 0.15) is 22.7 Å². The van der Waals surface area contributed by atoms with Crippen LogP contribution in [-0.4, -0.2) is 60.4 Å². The van der Waals surface area contributed by atoms with Crippen LogP contribution >= 0.6 is 11.6 Å². The number of halogens is 1. The largest absolute Gasteiger partial charge is 0.507 e. The number of benzene rings is 2. The van der Waals surface area contributed by atoms with Crippen LogP contribution in [0.4, 0.5) is 0 Å². The van der Waals surface area contributed by atoms with Crippen LogP contribution in [0.15, 0.2) is 60.7 Å². The summed E-state index contributed by atoms with van der Waals surface area (Å²) >= 11 is 6.05. The van der Waals surface area contributed by atoms with E-state index in [1.54, 1.807) is 48.5 Å². The molecule has 0 aromatic heterocycles. The number of ketones is 1. The first-order chi connectivity index (χ1) is 15.2. The lowest BCUT2D eigenvalue weighted by molar-refractivity contribution is -0.140. The molecule has 2 aromatic rings. The summed E-state index contributed by atoms with van der Waals surface area (Å²) in [6, 6.07) is 11.4. The van der Waals surface area contributed by atoms with Crippen molar-refractivity contribution >= 4 is 29.1 Å². The molecule has 32 heavy (non-hydrogen) atoms. The third kappa shape index (κ3) is 4.87. The smallest absolute Gasteiger partial charge is 0.295 e. The zero-order valence-electron chi connectivity index (χ0n) is 18.5. The summed E-state index contributed by atoms with van der Waals surface area (Å²) < 4.78 is 5.55. The maximum absolute atomic E-state index is 13.1. The number of aliphatic hydroxyl groups excluding tert-OH is 1. The van der Waals surface area contributed by atoms with E-state index in [-0.39, 0.29) is 11.3 Å². The van der Waals surface area contributed by atoms with Crippen LogP contribution in [0.5, 0.6) is 5.75 Å². The van der Waals surface area contributed by atoms with Crippen LogP contribution in [0.2, 0.25) is 5.02 Å². The highest BCUT2D eigenvalue weighted by Crippen LogP contribution is 2.40. The number of Topliss-reactive ketones (excluding diaryl/α,β-unsaturated/α-hetero) is 1. The number of amides is 1. The molecule has 1 atom stereocenters. The van der Waals surface area contributed by atoms with Gasteiger partial charge in [-0.25, -0.2) is 0 Å². The molecule has 1 amide bonds. The van der Waals surface area contributed by atoms with E-state index in [0.717, 1.165) is 5.56 Å². The van der Waals surface area contributed by atoms with Gasteiger partial charge in [-0.2, -0.15) is 0 Å². The second-order valence-electron chi connectivity index (χ2n) is 7.92. The second kappa shape index (κ2) is 10.0. The molecule has 0 bridgehead atoms. The van der Waals surface area contributed by atoms with Crippen LogP contribution in [0.25, 0.3) is 5.76 Å². The Morgan fingerprint density at radius 1 is 1.22 bits per heavy atom. The zero-order valence-corrected chi connectivity index (χ0v) is 19.2. The maximum atomic E-state index is 13.1. The van der Waals surface area contributed by atoms with Gasteiger partial charge in [-0.05, 0) is 62.5 Å². The molecule has 1 aliphatic heterocycles. The Balaban J connectivity index is 2.11. The van der Waals surface area contributed by atoms with E-state index in [1.807, 2.05) is 25.9 Å². The van der Waals surface area contributed by atoms with Crippen LogP contribution in [0.3, 0.4) is 0 Å². The molecule has 1 heterocycles. The molecule has 0 aliphatic carbocycles. The Bertz CT molecular complexity index is 1060. The van der Waals surface area contributed by atoms with Crippen molar-refractivity contribution < 1.29 is 19.4 Å². The van der Waals surface area contributed by atoms with E-state index in [2.05, 4.69) is 6.58 Å². The molecule has 3 rings (SSSR count). The predicted octanol–water partition coefficient (Wildman–Crippen LogP) is 4.20. The highest BCUT2D eigenvalue weighted by Gasteiger charge is 2.46. The number of hydrogen-bond donors (Lipinski definition) is 1. The minimum absolute atomic E-state index is 0.0685. The number of likely N-dealkylation sites (tertiary alicyclic amines) is 1. The summed E-state index contributed by atoms with van der Waals surface area (Å²) in [6.07, 6.45) is 1.64. The first kappa shape index (κ1) is 23.6. The Kier molecular flexibility index (Phi) is 7.38. The molecule has 0 radical (unpaired) electrons. The van der Waals surface area contributed by atoms with Gasteiger partial charge in [-0.15, -0.1) is 0 Å². The Morgan fingerprint density at radius 2 is 1.91 bits per heavy atom. The average molecular weight is 455 g/mol. The highest BCUT2D eigenvalue weighted by molar-refractivity contribution is 6.46. The summed E-state index contributed by atoms with van der Waals surface area (Å²) in [5, 5.41) is 11.8. The highest BCUT2D eigenvalue weighted by atomic mass is 35.5. The Labute approximate surface area is 193 Å². The predicted molar refractivity (Wildman–Crippen MR) is 126 cm³/mol. The number of hydrogen-bond acceptors (Lipinski definition) is 5. The molecule has 6 nitrogen and oxygen atoms in total. The van der Waals surface area contributed by atoms with E-state index in [0.29, 0.717) is 41.6 Å². The fraction of sp³-hybridized carbons (Fsp3) is 0.280. The monoisotopic (exact) mass is 454 g/mol. The van der Waals surface area contributed by atoms with Crippen LogP contribution in [0, 0.1) is 6.92 Å². The van der Waals surface area contributed by atoms with Gasteiger partial charge in [0.15, 0.2) is 0 Å². The van der Waals surface area contributed by atoms with E-state index in [1.165, 1.54) is 4.90 Å². The lowest BCUT2D eigenvalue weighted by atomic mass is 9.94. The normalized spacial score (nSPS) is 17.8. The fourth-order valence-corrected chi connectivity index (χ4v) is 3.83. The number of aryl methyl sites for hydroxylation is 1. The molecule has 1 fully saturated rings. The number of likely N-dealkylation sites (N-methyl/N-ethyl adjacent to an activating group) is 1. The molecule has 0 saturated carbocycles. The van der Waals surface area contributed by atoms with Gasteiger partial charge in [0.2, 0.25) is 0 Å². The zero-order chi connectivity index (χ0) is 23.4. The summed E-state index contributed by atoms with van der Waals surface area (Å²) in [7, 11) is 3.79. The molecular weight excluding hydrogens is 428 g/mol. The topological polar surface area (TPSA) is 70.1 Å². The van der Waals surface area contributed by atoms with E-state index in [4.69, 9.17) is 16.3 Å². The molecule has 2 aromatic carbocycles. The Hall–Kier alpha value is -3.09. The van der Waals surface area contributed by atoms with Crippen molar-refractivity contribution in [3.8, 4) is 5.75 Å². The van der Waals surface area contributed by atoms with Gasteiger partial charge in [0, 0.05) is 23.7 Å². The Morgan fingerprint density at radius 3 is 2.50 bits per heavy atom. The van der Waals surface area contributed by atoms with Crippen LogP contribution in [-0.2, 0) is 9.59 Å². The standard InChI is InChI=1S/C25H27ClN2O4/c1-5-14-32-19-10-11-20(16(2)15-19)23(29)21-22(17-6-8-18(26)9-7-17)28(13-12-27(3)4)25(31)24(21)30/h5-11,15,22,29H,1,12-14H2,2-4H3/t22-/m1/s1. The third-order valence-corrected chi connectivity index (χ3v) is 5.59. The number of ether oxygens (including phenoxy) is 1. The van der Waals surface area contributed by atoms with Crippen molar-refractivity contribution in [2.75, 3.05) is 33.8 Å². The summed E-state index contributed by atoms with van der Waals surface area (Å²) in [6.45, 7) is 6.72. The average Bonchev–Trinajstić information content (AvgIpc) is 3.01. The minimum Gasteiger partial charge on any atom is -0.507 e. The van der Waals surface area contributed by atoms with Gasteiger partial charge in [-0.1, -0.05) is 36.4 Å². The minimum atomic E-state index is -0.705. The molecular formula is C25H27ClN2O4. The summed E-state index contributed by atoms with van der Waals surface area (Å²) in [5.74, 6) is -0.910. The molecule has 7 heteroatoms. The third-order valence-electron chi connectivity index (χ3n) is 5.33. The molecule has 1 saturated heterocycles. The van der Waals surface area contributed by atoms with Gasteiger partial charge in [0.1, 0.15) is 18.1 Å². The quantitative estimate of drug-likeness (QED) is 0.280. The van der Waals surface area contributed by atoms with Gasteiger partial charge in [0.05, 0.1) is 11.6 Å². The lowest BCUT2D eigenvalue weighted by Gasteiger charge is -2.26. The summed E-state index contributed by atoms with van der Waals surface area (Å²) in [5.41, 5.74) is 1.97. The summed E-state index contributed by atoms with van der Waals surface area (Å²) in [4.78, 5) is 29.4. The molecule has 0 unspecified atom stereocenters. The van der Waals surface area contributed by atoms with Crippen molar-refractivity contribution in [1.29, 1.82) is 0 Å². The van der Waals surface area contributed by atoms with E-state index >= 15 is 0 Å². The second-order valence-corrected chi connectivity index (χ2v) is 8.36. The molecule has 1 aliphatic rings. The van der Waals surface area contributed by atoms with Crippen molar-refractivity contribution in [3.63, 3.8) is 0 Å². The van der Waals surface area contributed by atoms with Crippen molar-refractivity contribution in [1.82, 2.24) is 9.80 Å². The number of carbonyl (C=O) groups is 2. The molecule has 0 spiro atoms. The van der Waals surface area contributed by atoms with Gasteiger partial charge in [0.25, 0.3) is 11.7 Å². The number of nitrogens with zero attached hydrogens (tertiary/aromatic N) is 2. The number of carbonyl (C=O) groups excluding carboxylic acids is 2. The van der Waals surface area contributed by atoms with Crippen molar-refractivity contribution in [2.45, 2.75) is 13.0 Å². The first-order valence-corrected chi connectivity index (χ1v) is 10.7. The maximum Gasteiger partial charge on any atom is 0.295 e. The van der Waals surface area contributed by atoms with Crippen molar-refractivity contribution in [3.05, 3.63) is 82.4 Å². The lowest BCUT2D eigenvalue weighted by Crippen LogP contribution is -2.35.